The Kier molecular flexibility index (Phi) is 5.79. The first-order valence-electron chi connectivity index (χ1n) is 11.1. The topological polar surface area (TPSA) is 80.9 Å². The lowest BCUT2D eigenvalue weighted by Gasteiger charge is -2.18. The molecular weight excluding hydrogens is 439 g/mol. The average molecular weight is 462 g/mol. The van der Waals surface area contributed by atoms with Crippen LogP contribution in [0, 0.1) is 5.82 Å². The van der Waals surface area contributed by atoms with Gasteiger partial charge in [0.15, 0.2) is 0 Å². The highest BCUT2D eigenvalue weighted by molar-refractivity contribution is 6.18. The number of halogens is 1. The number of nitrogens with zero attached hydrogens (tertiary/aromatic N) is 1. The second kappa shape index (κ2) is 9.05. The van der Waals surface area contributed by atoms with Crippen LogP contribution in [0.15, 0.2) is 66.8 Å². The van der Waals surface area contributed by atoms with Gasteiger partial charge in [-0.3, -0.25) is 4.79 Å². The Morgan fingerprint density at radius 1 is 1.21 bits per heavy atom. The molecule has 0 spiro atoms. The fraction of sp³-hybridized carbons (Fsp3) is 0.231. The molecule has 0 fully saturated rings. The predicted molar refractivity (Wildman–Crippen MR) is 122 cm³/mol. The highest BCUT2D eigenvalue weighted by Gasteiger charge is 2.32. The van der Waals surface area contributed by atoms with Gasteiger partial charge < -0.3 is 24.1 Å². The Balaban J connectivity index is 1.41. The van der Waals surface area contributed by atoms with Crippen LogP contribution in [0.4, 0.5) is 4.39 Å². The number of carbonyl (C=O) groups is 2. The third kappa shape index (κ3) is 4.14. The molecule has 2 aliphatic rings. The molecule has 0 saturated carbocycles. The van der Waals surface area contributed by atoms with Crippen molar-refractivity contribution in [2.24, 2.45) is 0 Å². The second-order valence-electron chi connectivity index (χ2n) is 8.04. The zero-order valence-corrected chi connectivity index (χ0v) is 18.5. The monoisotopic (exact) mass is 462 g/mol. The van der Waals surface area contributed by atoms with Crippen LogP contribution in [0.2, 0.25) is 0 Å². The molecule has 3 aromatic rings. The maximum Gasteiger partial charge on any atom is 0.341 e. The van der Waals surface area contributed by atoms with Crippen molar-refractivity contribution in [3.63, 3.8) is 0 Å². The molecule has 0 bridgehead atoms. The minimum atomic E-state index is -0.610. The Morgan fingerprint density at radius 3 is 2.82 bits per heavy atom. The van der Waals surface area contributed by atoms with Crippen molar-refractivity contribution in [3.05, 3.63) is 89.4 Å². The van der Waals surface area contributed by atoms with Gasteiger partial charge in [0, 0.05) is 30.1 Å². The number of nitrogens with one attached hydrogen (secondary N) is 1. The quantitative estimate of drug-likeness (QED) is 0.579. The number of amides is 1. The summed E-state index contributed by atoms with van der Waals surface area (Å²) >= 11 is 0. The largest absolute Gasteiger partial charge is 0.462 e. The normalized spacial score (nSPS) is 17.2. The average Bonchev–Trinajstić information content (AvgIpc) is 3.39. The Morgan fingerprint density at radius 2 is 2.03 bits per heavy atom. The van der Waals surface area contributed by atoms with Gasteiger partial charge in [0.05, 0.1) is 17.9 Å². The van der Waals surface area contributed by atoms with Gasteiger partial charge in [-0.15, -0.1) is 0 Å². The molecular formula is C26H23FN2O5. The van der Waals surface area contributed by atoms with Crippen LogP contribution >= 0.6 is 0 Å². The number of hydrogen-bond acceptors (Lipinski definition) is 5. The standard InChI is InChI=1S/C26H23FN2O5/c1-2-32-26(31)20-14-29(11-10-18-19-13-17(27)8-9-21(19)28-24(18)20)25(30)22-15-33-23(34-22)12-16-6-4-3-5-7-16/h3-9,13-15,23,28H,2,10-12H2,1H3. The molecule has 2 aliphatic heterocycles. The molecule has 3 heterocycles. The minimum Gasteiger partial charge on any atom is -0.462 e. The van der Waals surface area contributed by atoms with Crippen molar-refractivity contribution < 1.29 is 28.2 Å². The molecule has 1 N–H and O–H groups in total. The van der Waals surface area contributed by atoms with Crippen molar-refractivity contribution in [2.45, 2.75) is 26.1 Å². The van der Waals surface area contributed by atoms with E-state index in [0.717, 1.165) is 11.1 Å². The Labute approximate surface area is 195 Å². The fourth-order valence-corrected chi connectivity index (χ4v) is 4.22. The van der Waals surface area contributed by atoms with E-state index in [1.807, 2.05) is 30.3 Å². The molecule has 1 atom stereocenters. The van der Waals surface area contributed by atoms with E-state index in [2.05, 4.69) is 4.98 Å². The summed E-state index contributed by atoms with van der Waals surface area (Å²) in [5.74, 6) is -1.32. The van der Waals surface area contributed by atoms with Crippen molar-refractivity contribution in [3.8, 4) is 0 Å². The van der Waals surface area contributed by atoms with Crippen LogP contribution in [-0.4, -0.2) is 41.2 Å². The highest BCUT2D eigenvalue weighted by Crippen LogP contribution is 2.32. The fourth-order valence-electron chi connectivity index (χ4n) is 4.22. The third-order valence-corrected chi connectivity index (χ3v) is 5.82. The Hall–Kier alpha value is -4.07. The number of esters is 1. The number of aromatic amines is 1. The third-order valence-electron chi connectivity index (χ3n) is 5.82. The van der Waals surface area contributed by atoms with Gasteiger partial charge in [0.1, 0.15) is 12.1 Å². The van der Waals surface area contributed by atoms with Crippen LogP contribution in [0.5, 0.6) is 0 Å². The van der Waals surface area contributed by atoms with Gasteiger partial charge in [-0.05, 0) is 42.7 Å². The Bertz CT molecular complexity index is 1310. The number of aromatic nitrogens is 1. The summed E-state index contributed by atoms with van der Waals surface area (Å²) in [7, 11) is 0. The highest BCUT2D eigenvalue weighted by atomic mass is 19.1. The molecule has 0 aliphatic carbocycles. The van der Waals surface area contributed by atoms with Crippen LogP contribution in [0.3, 0.4) is 0 Å². The minimum absolute atomic E-state index is 0.0573. The molecule has 1 unspecified atom stereocenters. The number of ether oxygens (including phenoxy) is 3. The zero-order chi connectivity index (χ0) is 23.7. The zero-order valence-electron chi connectivity index (χ0n) is 18.5. The molecule has 8 heteroatoms. The van der Waals surface area contributed by atoms with Crippen LogP contribution in [0.1, 0.15) is 23.7 Å². The number of hydrogen-bond donors (Lipinski definition) is 1. The van der Waals surface area contributed by atoms with E-state index >= 15 is 0 Å². The maximum atomic E-state index is 13.9. The predicted octanol–water partition coefficient (Wildman–Crippen LogP) is 4.05. The first-order chi connectivity index (χ1) is 16.5. The molecule has 7 nitrogen and oxygen atoms in total. The first-order valence-corrected chi connectivity index (χ1v) is 11.1. The van der Waals surface area contributed by atoms with Gasteiger partial charge >= 0.3 is 5.97 Å². The van der Waals surface area contributed by atoms with Crippen molar-refractivity contribution in [1.29, 1.82) is 0 Å². The summed E-state index contributed by atoms with van der Waals surface area (Å²) in [5, 5.41) is 0.669. The van der Waals surface area contributed by atoms with Gasteiger partial charge in [-0.1, -0.05) is 30.3 Å². The van der Waals surface area contributed by atoms with E-state index in [0.29, 0.717) is 29.4 Å². The summed E-state index contributed by atoms with van der Waals surface area (Å²) < 4.78 is 30.5. The number of rotatable bonds is 5. The molecule has 0 radical (unpaired) electrons. The molecule has 5 rings (SSSR count). The maximum absolute atomic E-state index is 13.9. The van der Waals surface area contributed by atoms with Crippen molar-refractivity contribution >= 4 is 28.4 Å². The number of carbonyl (C=O) groups excluding carboxylic acids is 2. The lowest BCUT2D eigenvalue weighted by Crippen LogP contribution is -2.30. The molecule has 1 aromatic heterocycles. The lowest BCUT2D eigenvalue weighted by molar-refractivity contribution is -0.136. The van der Waals surface area contributed by atoms with Gasteiger partial charge in [-0.25, -0.2) is 9.18 Å². The van der Waals surface area contributed by atoms with E-state index in [1.54, 1.807) is 13.0 Å². The molecule has 34 heavy (non-hydrogen) atoms. The number of H-pyrrole nitrogens is 1. The molecule has 174 valence electrons. The summed E-state index contributed by atoms with van der Waals surface area (Å²) in [6, 6.07) is 14.1. The summed E-state index contributed by atoms with van der Waals surface area (Å²) in [4.78, 5) is 30.7. The molecule has 1 amide bonds. The number of fused-ring (bicyclic) bond motifs is 3. The van der Waals surface area contributed by atoms with Gasteiger partial charge in [0.2, 0.25) is 12.0 Å². The van der Waals surface area contributed by atoms with Crippen molar-refractivity contribution in [2.75, 3.05) is 13.2 Å². The second-order valence-corrected chi connectivity index (χ2v) is 8.04. The summed E-state index contributed by atoms with van der Waals surface area (Å²) in [6.45, 7) is 2.15. The summed E-state index contributed by atoms with van der Waals surface area (Å²) in [5.41, 5.74) is 3.20. The van der Waals surface area contributed by atoms with Crippen molar-refractivity contribution in [1.82, 2.24) is 9.88 Å². The number of benzene rings is 2. The van der Waals surface area contributed by atoms with Crippen LogP contribution < -0.4 is 0 Å². The van der Waals surface area contributed by atoms with Crippen LogP contribution in [-0.2, 0) is 36.6 Å². The van der Waals surface area contributed by atoms with E-state index < -0.39 is 18.2 Å². The van der Waals surface area contributed by atoms with Gasteiger partial charge in [-0.2, -0.15) is 0 Å². The first kappa shape index (κ1) is 21.8. The van der Waals surface area contributed by atoms with E-state index in [1.165, 1.54) is 29.5 Å². The smallest absolute Gasteiger partial charge is 0.341 e. The lowest BCUT2D eigenvalue weighted by atomic mass is 10.0. The molecule has 0 saturated heterocycles. The van der Waals surface area contributed by atoms with Crippen LogP contribution in [0.25, 0.3) is 16.5 Å². The van der Waals surface area contributed by atoms with Gasteiger partial charge in [0.25, 0.3) is 5.91 Å². The van der Waals surface area contributed by atoms with E-state index in [-0.39, 0.29) is 30.3 Å². The summed E-state index contributed by atoms with van der Waals surface area (Å²) in [6.07, 6.45) is 3.06. The van der Waals surface area contributed by atoms with E-state index in [4.69, 9.17) is 14.2 Å². The molecule has 2 aromatic carbocycles. The SMILES string of the molecule is CCOC(=O)C1=CN(C(=O)C2=COC(Cc3ccccc3)O2)CCc2c1[nH]c1ccc(F)cc21. The van der Waals surface area contributed by atoms with E-state index in [9.17, 15) is 14.0 Å².